The molecule has 0 radical (unpaired) electrons. The lowest BCUT2D eigenvalue weighted by atomic mass is 10.2. The highest BCUT2D eigenvalue weighted by atomic mass is 32.1. The van der Waals surface area contributed by atoms with Gasteiger partial charge in [0, 0.05) is 26.3 Å². The molecule has 1 aromatic rings. The topological polar surface area (TPSA) is 51.8 Å². The number of anilines is 1. The first-order valence-corrected chi connectivity index (χ1v) is 6.38. The van der Waals surface area contributed by atoms with Gasteiger partial charge in [-0.25, -0.2) is 0 Å². The predicted molar refractivity (Wildman–Crippen MR) is 80.3 cm³/mol. The van der Waals surface area contributed by atoms with E-state index in [0.717, 1.165) is 24.4 Å². The molecule has 0 fully saturated rings. The lowest BCUT2D eigenvalue weighted by Crippen LogP contribution is -2.29. The minimum Gasteiger partial charge on any atom is -0.497 e. The zero-order valence-corrected chi connectivity index (χ0v) is 12.3. The van der Waals surface area contributed by atoms with Gasteiger partial charge in [0.05, 0.1) is 19.9 Å². The molecule has 0 aliphatic heterocycles. The van der Waals surface area contributed by atoms with E-state index < -0.39 is 0 Å². The first-order valence-electron chi connectivity index (χ1n) is 5.97. The largest absolute Gasteiger partial charge is 0.497 e. The van der Waals surface area contributed by atoms with Crippen molar-refractivity contribution in [3.63, 3.8) is 0 Å². The van der Waals surface area contributed by atoms with Gasteiger partial charge < -0.3 is 24.8 Å². The molecule has 0 aliphatic carbocycles. The van der Waals surface area contributed by atoms with Crippen molar-refractivity contribution in [2.75, 3.05) is 39.8 Å². The van der Waals surface area contributed by atoms with Crippen molar-refractivity contribution in [3.8, 4) is 11.5 Å². The van der Waals surface area contributed by atoms with Crippen molar-refractivity contribution in [1.82, 2.24) is 5.32 Å². The number of hydrogen-bond donors (Lipinski definition) is 2. The lowest BCUT2D eigenvalue weighted by molar-refractivity contribution is 0.196. The Morgan fingerprint density at radius 3 is 2.63 bits per heavy atom. The zero-order valence-electron chi connectivity index (χ0n) is 11.5. The van der Waals surface area contributed by atoms with E-state index in [2.05, 4.69) is 10.6 Å². The Morgan fingerprint density at radius 2 is 2.00 bits per heavy atom. The molecule has 0 atom stereocenters. The molecule has 0 aliphatic rings. The number of methoxy groups -OCH3 is 3. The highest BCUT2D eigenvalue weighted by molar-refractivity contribution is 7.80. The van der Waals surface area contributed by atoms with Crippen molar-refractivity contribution >= 4 is 23.0 Å². The van der Waals surface area contributed by atoms with Gasteiger partial charge in [-0.1, -0.05) is 0 Å². The van der Waals surface area contributed by atoms with Crippen LogP contribution in [0.25, 0.3) is 0 Å². The SMILES string of the molecule is COCCCNC(=S)Nc1cc(OC)ccc1OC. The standard InChI is InChI=1S/C13H20N2O3S/c1-16-8-4-7-14-13(19)15-11-9-10(17-2)5-6-12(11)18-3/h5-6,9H,4,7-8H2,1-3H3,(H2,14,15,19). The van der Waals surface area contributed by atoms with Crippen LogP contribution in [-0.2, 0) is 4.74 Å². The fourth-order valence-electron chi connectivity index (χ4n) is 1.50. The van der Waals surface area contributed by atoms with Crippen LogP contribution in [0, 0.1) is 0 Å². The van der Waals surface area contributed by atoms with E-state index in [0.29, 0.717) is 17.5 Å². The second-order valence-electron chi connectivity index (χ2n) is 3.79. The average molecular weight is 284 g/mol. The number of rotatable bonds is 7. The molecule has 2 N–H and O–H groups in total. The minimum absolute atomic E-state index is 0.544. The molecule has 0 heterocycles. The summed E-state index contributed by atoms with van der Waals surface area (Å²) in [7, 11) is 4.91. The maximum atomic E-state index is 5.26. The zero-order chi connectivity index (χ0) is 14.1. The van der Waals surface area contributed by atoms with Gasteiger partial charge >= 0.3 is 0 Å². The first kappa shape index (κ1) is 15.5. The number of thiocarbonyl (C=S) groups is 1. The van der Waals surface area contributed by atoms with Crippen molar-refractivity contribution in [1.29, 1.82) is 0 Å². The number of ether oxygens (including phenoxy) is 3. The molecule has 1 rings (SSSR count). The lowest BCUT2D eigenvalue weighted by Gasteiger charge is -2.14. The molecule has 5 nitrogen and oxygen atoms in total. The van der Waals surface area contributed by atoms with Crippen LogP contribution in [0.15, 0.2) is 18.2 Å². The van der Waals surface area contributed by atoms with Crippen LogP contribution in [0.2, 0.25) is 0 Å². The Bertz CT molecular complexity index is 413. The summed E-state index contributed by atoms with van der Waals surface area (Å²) in [5, 5.41) is 6.73. The molecule has 0 amide bonds. The van der Waals surface area contributed by atoms with Crippen LogP contribution in [0.4, 0.5) is 5.69 Å². The highest BCUT2D eigenvalue weighted by Crippen LogP contribution is 2.28. The second kappa shape index (κ2) is 8.55. The van der Waals surface area contributed by atoms with Crippen molar-refractivity contribution in [3.05, 3.63) is 18.2 Å². The molecular weight excluding hydrogens is 264 g/mol. The van der Waals surface area contributed by atoms with Crippen LogP contribution in [0.3, 0.4) is 0 Å². The van der Waals surface area contributed by atoms with Gasteiger partial charge in [-0.15, -0.1) is 0 Å². The normalized spacial score (nSPS) is 9.84. The highest BCUT2D eigenvalue weighted by Gasteiger charge is 2.06. The Labute approximate surface area is 119 Å². The molecule has 0 aromatic heterocycles. The third kappa shape index (κ3) is 5.32. The number of hydrogen-bond acceptors (Lipinski definition) is 4. The summed E-state index contributed by atoms with van der Waals surface area (Å²) in [6.07, 6.45) is 0.896. The van der Waals surface area contributed by atoms with Gasteiger partial charge in [-0.2, -0.15) is 0 Å². The van der Waals surface area contributed by atoms with Crippen LogP contribution in [0.5, 0.6) is 11.5 Å². The number of benzene rings is 1. The fraction of sp³-hybridized carbons (Fsp3) is 0.462. The van der Waals surface area contributed by atoms with E-state index in [9.17, 15) is 0 Å². The second-order valence-corrected chi connectivity index (χ2v) is 4.20. The van der Waals surface area contributed by atoms with Crippen molar-refractivity contribution in [2.24, 2.45) is 0 Å². The summed E-state index contributed by atoms with van der Waals surface area (Å²) in [6, 6.07) is 5.50. The van der Waals surface area contributed by atoms with Gasteiger partial charge in [-0.05, 0) is 30.8 Å². The maximum absolute atomic E-state index is 5.26. The summed E-state index contributed by atoms with van der Waals surface area (Å²) in [5.74, 6) is 1.45. The Hall–Kier alpha value is -1.53. The molecular formula is C13H20N2O3S. The van der Waals surface area contributed by atoms with Gasteiger partial charge in [0.2, 0.25) is 0 Å². The van der Waals surface area contributed by atoms with E-state index in [1.54, 1.807) is 21.3 Å². The maximum Gasteiger partial charge on any atom is 0.170 e. The molecule has 0 bridgehead atoms. The Morgan fingerprint density at radius 1 is 1.21 bits per heavy atom. The van der Waals surface area contributed by atoms with Crippen LogP contribution in [0.1, 0.15) is 6.42 Å². The van der Waals surface area contributed by atoms with E-state index in [4.69, 9.17) is 26.4 Å². The van der Waals surface area contributed by atoms with Crippen LogP contribution in [-0.4, -0.2) is 39.6 Å². The smallest absolute Gasteiger partial charge is 0.170 e. The van der Waals surface area contributed by atoms with E-state index in [-0.39, 0.29) is 0 Å². The quantitative estimate of drug-likeness (QED) is 0.590. The third-order valence-corrected chi connectivity index (χ3v) is 2.71. The summed E-state index contributed by atoms with van der Waals surface area (Å²) in [4.78, 5) is 0. The first-order chi connectivity index (χ1) is 9.21. The molecule has 19 heavy (non-hydrogen) atoms. The molecule has 0 unspecified atom stereocenters. The summed E-state index contributed by atoms with van der Waals surface area (Å²) >= 11 is 5.21. The summed E-state index contributed by atoms with van der Waals surface area (Å²) in [6.45, 7) is 1.46. The molecule has 6 heteroatoms. The van der Waals surface area contributed by atoms with E-state index in [1.165, 1.54) is 0 Å². The van der Waals surface area contributed by atoms with Crippen LogP contribution >= 0.6 is 12.2 Å². The average Bonchev–Trinajstić information content (AvgIpc) is 2.43. The van der Waals surface area contributed by atoms with E-state index >= 15 is 0 Å². The molecule has 0 saturated carbocycles. The summed E-state index contributed by atoms with van der Waals surface area (Å²) in [5.41, 5.74) is 0.770. The van der Waals surface area contributed by atoms with Crippen molar-refractivity contribution < 1.29 is 14.2 Å². The molecule has 0 spiro atoms. The third-order valence-electron chi connectivity index (χ3n) is 2.47. The predicted octanol–water partition coefficient (Wildman–Crippen LogP) is 2.03. The molecule has 0 saturated heterocycles. The Balaban J connectivity index is 2.56. The van der Waals surface area contributed by atoms with Crippen molar-refractivity contribution in [2.45, 2.75) is 6.42 Å². The van der Waals surface area contributed by atoms with Gasteiger partial charge in [-0.3, -0.25) is 0 Å². The van der Waals surface area contributed by atoms with Gasteiger partial charge in [0.25, 0.3) is 0 Å². The van der Waals surface area contributed by atoms with Gasteiger partial charge in [0.15, 0.2) is 5.11 Å². The minimum atomic E-state index is 0.544. The molecule has 106 valence electrons. The van der Waals surface area contributed by atoms with Crippen LogP contribution < -0.4 is 20.1 Å². The van der Waals surface area contributed by atoms with Gasteiger partial charge in [0.1, 0.15) is 11.5 Å². The number of nitrogens with one attached hydrogen (secondary N) is 2. The van der Waals surface area contributed by atoms with E-state index in [1.807, 2.05) is 18.2 Å². The fourth-order valence-corrected chi connectivity index (χ4v) is 1.71. The monoisotopic (exact) mass is 284 g/mol. The summed E-state index contributed by atoms with van der Waals surface area (Å²) < 4.78 is 15.4. The Kier molecular flexibility index (Phi) is 6.99. The molecule has 1 aromatic carbocycles.